The van der Waals surface area contributed by atoms with Gasteiger partial charge >= 0.3 is 0 Å². The SMILES string of the molecule is Cc1nc(-c2ccc(F)cc2)sc1C(=O)NCCN1C(=O)CSC1=O. The Morgan fingerprint density at radius 1 is 1.32 bits per heavy atom. The number of hydrogen-bond donors (Lipinski definition) is 1. The molecule has 130 valence electrons. The van der Waals surface area contributed by atoms with E-state index in [9.17, 15) is 18.8 Å². The molecule has 1 aliphatic rings. The second-order valence-corrected chi connectivity index (χ2v) is 7.22. The highest BCUT2D eigenvalue weighted by Gasteiger charge is 2.29. The number of thioether (sulfide) groups is 1. The number of imide groups is 1. The number of nitrogens with zero attached hydrogens (tertiary/aromatic N) is 2. The lowest BCUT2D eigenvalue weighted by atomic mass is 10.2. The molecule has 0 spiro atoms. The first-order valence-electron chi connectivity index (χ1n) is 7.44. The summed E-state index contributed by atoms with van der Waals surface area (Å²) in [5.41, 5.74) is 1.31. The number of rotatable bonds is 5. The molecule has 1 N–H and O–H groups in total. The van der Waals surface area contributed by atoms with Crippen LogP contribution in [0.4, 0.5) is 9.18 Å². The third-order valence-corrected chi connectivity index (χ3v) is 5.62. The lowest BCUT2D eigenvalue weighted by Crippen LogP contribution is -2.37. The van der Waals surface area contributed by atoms with Gasteiger partial charge in [0.15, 0.2) is 0 Å². The number of nitrogens with one attached hydrogen (secondary N) is 1. The Labute approximate surface area is 151 Å². The molecule has 1 aliphatic heterocycles. The van der Waals surface area contributed by atoms with Gasteiger partial charge in [0, 0.05) is 18.7 Å². The Hall–Kier alpha value is -2.26. The first-order chi connectivity index (χ1) is 12.0. The predicted octanol–water partition coefficient (Wildman–Crippen LogP) is 2.68. The van der Waals surface area contributed by atoms with E-state index in [1.807, 2.05) is 0 Å². The molecule has 2 aromatic rings. The molecule has 0 aliphatic carbocycles. The minimum absolute atomic E-state index is 0.152. The molecule has 0 radical (unpaired) electrons. The Morgan fingerprint density at radius 3 is 2.68 bits per heavy atom. The number of thiazole rings is 1. The normalized spacial score (nSPS) is 14.2. The van der Waals surface area contributed by atoms with E-state index < -0.39 is 0 Å². The topological polar surface area (TPSA) is 79.4 Å². The molecule has 9 heteroatoms. The standard InChI is InChI=1S/C16H14FN3O3S2/c1-9-13(25-15(19-9)10-2-4-11(17)5-3-10)14(22)18-6-7-20-12(21)8-24-16(20)23/h2-5H,6-8H2,1H3,(H,18,22). The lowest BCUT2D eigenvalue weighted by molar-refractivity contribution is -0.124. The van der Waals surface area contributed by atoms with Crippen LogP contribution < -0.4 is 5.32 Å². The first-order valence-corrected chi connectivity index (χ1v) is 9.24. The van der Waals surface area contributed by atoms with Gasteiger partial charge in [-0.15, -0.1) is 11.3 Å². The van der Waals surface area contributed by atoms with Gasteiger partial charge in [-0.3, -0.25) is 19.3 Å². The fraction of sp³-hybridized carbons (Fsp3) is 0.250. The fourth-order valence-electron chi connectivity index (χ4n) is 2.28. The molecular weight excluding hydrogens is 365 g/mol. The van der Waals surface area contributed by atoms with E-state index in [0.29, 0.717) is 15.6 Å². The van der Waals surface area contributed by atoms with Crippen molar-refractivity contribution in [3.8, 4) is 10.6 Å². The van der Waals surface area contributed by atoms with Crippen LogP contribution in [0.25, 0.3) is 10.6 Å². The van der Waals surface area contributed by atoms with E-state index in [-0.39, 0.29) is 41.7 Å². The number of amides is 3. The van der Waals surface area contributed by atoms with Gasteiger partial charge in [0.05, 0.1) is 11.4 Å². The van der Waals surface area contributed by atoms with E-state index in [4.69, 9.17) is 0 Å². The molecule has 3 rings (SSSR count). The van der Waals surface area contributed by atoms with Crippen LogP contribution in [-0.4, -0.2) is 45.8 Å². The first kappa shape index (κ1) is 17.6. The largest absolute Gasteiger partial charge is 0.349 e. The molecule has 1 aromatic carbocycles. The molecule has 2 heterocycles. The molecule has 1 saturated heterocycles. The van der Waals surface area contributed by atoms with E-state index in [0.717, 1.165) is 22.2 Å². The summed E-state index contributed by atoms with van der Waals surface area (Å²) < 4.78 is 13.0. The summed E-state index contributed by atoms with van der Waals surface area (Å²) in [5, 5.41) is 3.04. The number of carbonyl (C=O) groups excluding carboxylic acids is 3. The molecule has 3 amide bonds. The van der Waals surface area contributed by atoms with Crippen LogP contribution in [-0.2, 0) is 4.79 Å². The van der Waals surface area contributed by atoms with Crippen LogP contribution in [0.1, 0.15) is 15.4 Å². The van der Waals surface area contributed by atoms with Crippen LogP contribution in [0.2, 0.25) is 0 Å². The monoisotopic (exact) mass is 379 g/mol. The Bertz CT molecular complexity index is 820. The molecule has 0 saturated carbocycles. The highest BCUT2D eigenvalue weighted by Crippen LogP contribution is 2.28. The van der Waals surface area contributed by atoms with Crippen LogP contribution in [0.5, 0.6) is 0 Å². The Morgan fingerprint density at radius 2 is 2.04 bits per heavy atom. The molecule has 0 unspecified atom stereocenters. The molecule has 6 nitrogen and oxygen atoms in total. The van der Waals surface area contributed by atoms with Crippen LogP contribution >= 0.6 is 23.1 Å². The maximum atomic E-state index is 13.0. The summed E-state index contributed by atoms with van der Waals surface area (Å²) >= 11 is 2.18. The van der Waals surface area contributed by atoms with Crippen molar-refractivity contribution in [3.63, 3.8) is 0 Å². The summed E-state index contributed by atoms with van der Waals surface area (Å²) in [4.78, 5) is 41.2. The summed E-state index contributed by atoms with van der Waals surface area (Å²) in [5.74, 6) is -0.729. The second-order valence-electron chi connectivity index (χ2n) is 5.30. The average Bonchev–Trinajstić information content (AvgIpc) is 3.12. The lowest BCUT2D eigenvalue weighted by Gasteiger charge is -2.12. The summed E-state index contributed by atoms with van der Waals surface area (Å²) in [6.07, 6.45) is 0. The van der Waals surface area contributed by atoms with Crippen molar-refractivity contribution >= 4 is 40.2 Å². The van der Waals surface area contributed by atoms with Crippen LogP contribution in [0.15, 0.2) is 24.3 Å². The van der Waals surface area contributed by atoms with Crippen LogP contribution in [0, 0.1) is 12.7 Å². The van der Waals surface area contributed by atoms with Gasteiger partial charge in [-0.1, -0.05) is 11.8 Å². The van der Waals surface area contributed by atoms with Gasteiger partial charge in [0.25, 0.3) is 11.1 Å². The minimum atomic E-state index is -0.334. The summed E-state index contributed by atoms with van der Waals surface area (Å²) in [6, 6.07) is 5.90. The number of carbonyl (C=O) groups is 3. The van der Waals surface area contributed by atoms with E-state index in [1.165, 1.54) is 23.5 Å². The predicted molar refractivity (Wildman–Crippen MR) is 94.1 cm³/mol. The van der Waals surface area contributed by atoms with Crippen LogP contribution in [0.3, 0.4) is 0 Å². The minimum Gasteiger partial charge on any atom is -0.349 e. The van der Waals surface area contributed by atoms with Gasteiger partial charge in [-0.25, -0.2) is 9.37 Å². The van der Waals surface area contributed by atoms with Crippen molar-refractivity contribution in [2.45, 2.75) is 6.92 Å². The van der Waals surface area contributed by atoms with Crippen molar-refractivity contribution in [1.82, 2.24) is 15.2 Å². The van der Waals surface area contributed by atoms with Gasteiger partial charge in [0.2, 0.25) is 5.91 Å². The van der Waals surface area contributed by atoms with Gasteiger partial charge in [0.1, 0.15) is 15.7 Å². The van der Waals surface area contributed by atoms with Gasteiger partial charge < -0.3 is 5.32 Å². The zero-order valence-electron chi connectivity index (χ0n) is 13.2. The van der Waals surface area contributed by atoms with Crippen molar-refractivity contribution in [1.29, 1.82) is 0 Å². The molecule has 1 fully saturated rings. The van der Waals surface area contributed by atoms with E-state index in [1.54, 1.807) is 19.1 Å². The number of aryl methyl sites for hydroxylation is 1. The number of benzene rings is 1. The quantitative estimate of drug-likeness (QED) is 0.864. The third-order valence-electron chi connectivity index (χ3n) is 3.56. The van der Waals surface area contributed by atoms with Crippen molar-refractivity contribution in [2.75, 3.05) is 18.8 Å². The fourth-order valence-corrected chi connectivity index (χ4v) is 4.02. The second kappa shape index (κ2) is 7.32. The van der Waals surface area contributed by atoms with E-state index >= 15 is 0 Å². The smallest absolute Gasteiger partial charge is 0.288 e. The number of halogens is 1. The Kier molecular flexibility index (Phi) is 5.14. The summed E-state index contributed by atoms with van der Waals surface area (Å²) in [7, 11) is 0. The summed E-state index contributed by atoms with van der Waals surface area (Å²) in [6.45, 7) is 2.06. The molecule has 1 aromatic heterocycles. The average molecular weight is 379 g/mol. The van der Waals surface area contributed by atoms with E-state index in [2.05, 4.69) is 10.3 Å². The van der Waals surface area contributed by atoms with Crippen molar-refractivity contribution in [2.24, 2.45) is 0 Å². The maximum Gasteiger partial charge on any atom is 0.288 e. The zero-order valence-corrected chi connectivity index (χ0v) is 14.9. The van der Waals surface area contributed by atoms with Crippen molar-refractivity contribution < 1.29 is 18.8 Å². The zero-order chi connectivity index (χ0) is 18.0. The molecular formula is C16H14FN3O3S2. The number of aromatic nitrogens is 1. The molecule has 25 heavy (non-hydrogen) atoms. The number of hydrogen-bond acceptors (Lipinski definition) is 6. The molecule has 0 bridgehead atoms. The Balaban J connectivity index is 1.63. The highest BCUT2D eigenvalue weighted by molar-refractivity contribution is 8.14. The highest BCUT2D eigenvalue weighted by atomic mass is 32.2. The molecule has 0 atom stereocenters. The third kappa shape index (κ3) is 3.88. The van der Waals surface area contributed by atoms with Gasteiger partial charge in [-0.05, 0) is 31.2 Å². The van der Waals surface area contributed by atoms with Gasteiger partial charge in [-0.2, -0.15) is 0 Å². The van der Waals surface area contributed by atoms with Crippen molar-refractivity contribution in [3.05, 3.63) is 40.7 Å². The maximum absolute atomic E-state index is 13.0.